The molecule has 2 N–H and O–H groups in total. The number of phenols is 1. The molecule has 0 aromatic heterocycles. The largest absolute Gasteiger partial charge is 0.507 e. The van der Waals surface area contributed by atoms with E-state index >= 15 is 0 Å². The number of hydrogen-bond donors (Lipinski definition) is 2. The molecule has 1 fully saturated rings. The molecule has 1 amide bonds. The normalized spacial score (nSPS) is 17.8. The summed E-state index contributed by atoms with van der Waals surface area (Å²) in [4.78, 5) is 27.1. The summed E-state index contributed by atoms with van der Waals surface area (Å²) in [5, 5.41) is 21.0. The molecule has 0 spiro atoms. The van der Waals surface area contributed by atoms with Gasteiger partial charge in [0.05, 0.1) is 24.3 Å². The topological polar surface area (TPSA) is 87.1 Å². The van der Waals surface area contributed by atoms with Crippen molar-refractivity contribution in [3.63, 3.8) is 0 Å². The van der Waals surface area contributed by atoms with Crippen LogP contribution in [0.15, 0.2) is 78.4 Å². The van der Waals surface area contributed by atoms with Gasteiger partial charge in [0, 0.05) is 11.3 Å². The number of rotatable bonds is 4. The zero-order chi connectivity index (χ0) is 24.6. The van der Waals surface area contributed by atoms with Crippen LogP contribution in [0.3, 0.4) is 0 Å². The Morgan fingerprint density at radius 2 is 1.68 bits per heavy atom. The van der Waals surface area contributed by atoms with Crippen LogP contribution in [-0.2, 0) is 15.8 Å². The molecule has 1 heterocycles. The zero-order valence-electron chi connectivity index (χ0n) is 17.7. The third-order valence-electron chi connectivity index (χ3n) is 5.46. The minimum Gasteiger partial charge on any atom is -0.507 e. The van der Waals surface area contributed by atoms with Crippen molar-refractivity contribution in [2.24, 2.45) is 0 Å². The monoisotopic (exact) mass is 469 g/mol. The lowest BCUT2D eigenvalue weighted by atomic mass is 9.94. The molecule has 0 radical (unpaired) electrons. The number of nitrogens with zero attached hydrogens (tertiary/aromatic N) is 1. The van der Waals surface area contributed by atoms with Crippen molar-refractivity contribution in [3.8, 4) is 11.5 Å². The molecule has 174 valence electrons. The maximum Gasteiger partial charge on any atom is 0.416 e. The summed E-state index contributed by atoms with van der Waals surface area (Å²) in [7, 11) is 1.30. The van der Waals surface area contributed by atoms with Crippen LogP contribution in [0.4, 0.5) is 18.9 Å². The third kappa shape index (κ3) is 3.96. The summed E-state index contributed by atoms with van der Waals surface area (Å²) < 4.78 is 45.2. The minimum absolute atomic E-state index is 0.0202. The molecule has 4 rings (SSSR count). The predicted octanol–water partition coefficient (Wildman–Crippen LogP) is 5.05. The zero-order valence-corrected chi connectivity index (χ0v) is 17.7. The second-order valence-corrected chi connectivity index (χ2v) is 7.51. The minimum atomic E-state index is -4.68. The van der Waals surface area contributed by atoms with Gasteiger partial charge < -0.3 is 14.9 Å². The van der Waals surface area contributed by atoms with Crippen LogP contribution in [-0.4, -0.2) is 29.0 Å². The molecule has 1 aliphatic rings. The van der Waals surface area contributed by atoms with E-state index in [2.05, 4.69) is 0 Å². The van der Waals surface area contributed by atoms with Gasteiger partial charge in [0.25, 0.3) is 11.7 Å². The van der Waals surface area contributed by atoms with E-state index in [0.29, 0.717) is 0 Å². The van der Waals surface area contributed by atoms with E-state index < -0.39 is 35.2 Å². The molecule has 0 bridgehead atoms. The van der Waals surface area contributed by atoms with Crippen molar-refractivity contribution < 1.29 is 37.7 Å². The molecule has 6 nitrogen and oxygen atoms in total. The standard InChI is InChI=1S/C25H18F3NO5/c1-34-19-12-15(10-11-18(19)30)21-20(22(31)14-6-3-2-4-7-14)23(32)24(33)29(21)17-9-5-8-16(13-17)25(26,27)28/h2-13,21,30-31H,1H3/b22-20+/t21-/m1/s1. The number of carbonyl (C=O) groups excluding carboxylic acids is 2. The molecule has 9 heteroatoms. The number of phenolic OH excluding ortho intramolecular Hbond substituents is 1. The number of alkyl halides is 3. The maximum atomic E-state index is 13.4. The number of Topliss-reactive ketones (excluding diaryl/α,β-unsaturated/α-hetero) is 1. The van der Waals surface area contributed by atoms with Gasteiger partial charge in [-0.2, -0.15) is 13.2 Å². The lowest BCUT2D eigenvalue weighted by Gasteiger charge is -2.26. The number of halogens is 3. The van der Waals surface area contributed by atoms with Crippen molar-refractivity contribution in [1.82, 2.24) is 0 Å². The average molecular weight is 469 g/mol. The fourth-order valence-electron chi connectivity index (χ4n) is 3.86. The van der Waals surface area contributed by atoms with Crippen molar-refractivity contribution in [1.29, 1.82) is 0 Å². The Balaban J connectivity index is 1.98. The summed E-state index contributed by atoms with van der Waals surface area (Å²) in [6.07, 6.45) is -4.68. The van der Waals surface area contributed by atoms with E-state index in [-0.39, 0.29) is 33.9 Å². The van der Waals surface area contributed by atoms with Crippen molar-refractivity contribution in [2.75, 3.05) is 12.0 Å². The van der Waals surface area contributed by atoms with Crippen LogP contribution in [0, 0.1) is 0 Å². The van der Waals surface area contributed by atoms with Crippen LogP contribution in [0.2, 0.25) is 0 Å². The fraction of sp³-hybridized carbons (Fsp3) is 0.120. The molecule has 3 aromatic rings. The number of aliphatic hydroxyl groups excluding tert-OH is 1. The Hall–Kier alpha value is -4.27. The second kappa shape index (κ2) is 8.58. The van der Waals surface area contributed by atoms with Gasteiger partial charge >= 0.3 is 6.18 Å². The lowest BCUT2D eigenvalue weighted by Crippen LogP contribution is -2.29. The average Bonchev–Trinajstić information content (AvgIpc) is 3.09. The highest BCUT2D eigenvalue weighted by Gasteiger charge is 2.47. The Labute approximate surface area is 192 Å². The SMILES string of the molecule is COc1cc([C@@H]2/C(=C(\O)c3ccccc3)C(=O)C(=O)N2c2cccc(C(F)(F)F)c2)ccc1O. The highest BCUT2D eigenvalue weighted by molar-refractivity contribution is 6.51. The molecule has 1 aliphatic heterocycles. The number of anilines is 1. The van der Waals surface area contributed by atoms with E-state index in [1.807, 2.05) is 0 Å². The van der Waals surface area contributed by atoms with Crippen molar-refractivity contribution >= 4 is 23.1 Å². The summed E-state index contributed by atoms with van der Waals surface area (Å²) >= 11 is 0. The van der Waals surface area contributed by atoms with E-state index in [4.69, 9.17) is 4.74 Å². The second-order valence-electron chi connectivity index (χ2n) is 7.51. The molecule has 0 aliphatic carbocycles. The number of carbonyl (C=O) groups is 2. The molecular weight excluding hydrogens is 451 g/mol. The molecule has 0 saturated carbocycles. The van der Waals surface area contributed by atoms with Crippen LogP contribution in [0.25, 0.3) is 5.76 Å². The van der Waals surface area contributed by atoms with Gasteiger partial charge in [0.2, 0.25) is 0 Å². The van der Waals surface area contributed by atoms with Gasteiger partial charge in [-0.15, -0.1) is 0 Å². The summed E-state index contributed by atoms with van der Waals surface area (Å²) in [6, 6.07) is 14.7. The quantitative estimate of drug-likeness (QED) is 0.317. The molecular formula is C25H18F3NO5. The summed E-state index contributed by atoms with van der Waals surface area (Å²) in [5.41, 5.74) is -0.997. The van der Waals surface area contributed by atoms with Crippen LogP contribution in [0.5, 0.6) is 11.5 Å². The van der Waals surface area contributed by atoms with Gasteiger partial charge in [-0.05, 0) is 35.9 Å². The van der Waals surface area contributed by atoms with Crippen LogP contribution < -0.4 is 9.64 Å². The number of ketones is 1. The van der Waals surface area contributed by atoms with E-state index in [9.17, 15) is 33.0 Å². The van der Waals surface area contributed by atoms with Gasteiger partial charge in [0.1, 0.15) is 5.76 Å². The van der Waals surface area contributed by atoms with Crippen LogP contribution >= 0.6 is 0 Å². The Bertz CT molecular complexity index is 1300. The first kappa shape index (κ1) is 22.9. The van der Waals surface area contributed by atoms with Crippen molar-refractivity contribution in [3.05, 3.63) is 95.1 Å². The number of methoxy groups -OCH3 is 1. The number of amides is 1. The predicted molar refractivity (Wildman–Crippen MR) is 117 cm³/mol. The number of hydrogen-bond acceptors (Lipinski definition) is 5. The van der Waals surface area contributed by atoms with Crippen LogP contribution in [0.1, 0.15) is 22.7 Å². The lowest BCUT2D eigenvalue weighted by molar-refractivity contribution is -0.137. The highest BCUT2D eigenvalue weighted by atomic mass is 19.4. The summed E-state index contributed by atoms with van der Waals surface area (Å²) in [6.45, 7) is 0. The first-order chi connectivity index (χ1) is 16.1. The fourth-order valence-corrected chi connectivity index (χ4v) is 3.86. The smallest absolute Gasteiger partial charge is 0.416 e. The molecule has 34 heavy (non-hydrogen) atoms. The Morgan fingerprint density at radius 3 is 2.32 bits per heavy atom. The van der Waals surface area contributed by atoms with Gasteiger partial charge in [-0.1, -0.05) is 42.5 Å². The molecule has 1 saturated heterocycles. The maximum absolute atomic E-state index is 13.4. The van der Waals surface area contributed by atoms with E-state index in [0.717, 1.165) is 23.1 Å². The third-order valence-corrected chi connectivity index (χ3v) is 5.46. The number of aliphatic hydroxyl groups is 1. The number of ether oxygens (including phenoxy) is 1. The van der Waals surface area contributed by atoms with Gasteiger partial charge in [-0.3, -0.25) is 14.5 Å². The first-order valence-corrected chi connectivity index (χ1v) is 10.0. The summed E-state index contributed by atoms with van der Waals surface area (Å²) in [5.74, 6) is -2.84. The van der Waals surface area contributed by atoms with Gasteiger partial charge in [-0.25, -0.2) is 0 Å². The van der Waals surface area contributed by atoms with Crippen molar-refractivity contribution in [2.45, 2.75) is 12.2 Å². The van der Waals surface area contributed by atoms with E-state index in [1.54, 1.807) is 18.2 Å². The molecule has 0 unspecified atom stereocenters. The molecule has 3 aromatic carbocycles. The first-order valence-electron chi connectivity index (χ1n) is 10.0. The highest BCUT2D eigenvalue weighted by Crippen LogP contribution is 2.44. The Morgan fingerprint density at radius 1 is 0.971 bits per heavy atom. The van der Waals surface area contributed by atoms with E-state index in [1.165, 1.54) is 43.5 Å². The molecule has 1 atom stereocenters. The number of aromatic hydroxyl groups is 1. The Kier molecular flexibility index (Phi) is 5.78. The number of benzene rings is 3. The van der Waals surface area contributed by atoms with Gasteiger partial charge in [0.15, 0.2) is 11.5 Å².